The van der Waals surface area contributed by atoms with E-state index in [0.717, 1.165) is 24.5 Å². The first-order valence-corrected chi connectivity index (χ1v) is 8.81. The molecule has 0 radical (unpaired) electrons. The maximum atomic E-state index is 12.4. The van der Waals surface area contributed by atoms with Crippen LogP contribution in [0.25, 0.3) is 0 Å². The van der Waals surface area contributed by atoms with Gasteiger partial charge in [0.2, 0.25) is 0 Å². The number of morpholine rings is 1. The van der Waals surface area contributed by atoms with Gasteiger partial charge in [-0.05, 0) is 29.8 Å². The summed E-state index contributed by atoms with van der Waals surface area (Å²) >= 11 is 0. The average molecular weight is 368 g/mol. The summed E-state index contributed by atoms with van der Waals surface area (Å²) in [6.45, 7) is 3.46. The van der Waals surface area contributed by atoms with Crippen LogP contribution in [0.15, 0.2) is 36.5 Å². The van der Waals surface area contributed by atoms with Crippen LogP contribution in [0.2, 0.25) is 0 Å². The van der Waals surface area contributed by atoms with Crippen molar-refractivity contribution in [1.29, 1.82) is 0 Å². The molecule has 2 aliphatic rings. The molecule has 0 aliphatic carbocycles. The number of ether oxygens (including phenoxy) is 2. The number of hydrogen-bond donors (Lipinski definition) is 2. The highest BCUT2D eigenvalue weighted by atomic mass is 16.5. The average Bonchev–Trinajstić information content (AvgIpc) is 2.72. The van der Waals surface area contributed by atoms with E-state index in [1.165, 1.54) is 0 Å². The molecule has 8 nitrogen and oxygen atoms in total. The van der Waals surface area contributed by atoms with Crippen LogP contribution in [0, 0.1) is 0 Å². The predicted octanol–water partition coefficient (Wildman–Crippen LogP) is 1.18. The molecule has 2 amide bonds. The molecule has 0 unspecified atom stereocenters. The van der Waals surface area contributed by atoms with Crippen molar-refractivity contribution in [2.45, 2.75) is 6.54 Å². The number of hydrogen-bond acceptors (Lipinski definition) is 6. The van der Waals surface area contributed by atoms with Crippen molar-refractivity contribution < 1.29 is 19.1 Å². The number of fused-ring (bicyclic) bond motifs is 1. The first-order chi connectivity index (χ1) is 13.2. The van der Waals surface area contributed by atoms with Crippen LogP contribution in [0.1, 0.15) is 15.9 Å². The van der Waals surface area contributed by atoms with E-state index in [-0.39, 0.29) is 18.4 Å². The highest BCUT2D eigenvalue weighted by molar-refractivity contribution is 5.99. The summed E-state index contributed by atoms with van der Waals surface area (Å²) in [5.74, 6) is 1.02. The van der Waals surface area contributed by atoms with Gasteiger partial charge < -0.3 is 25.0 Å². The van der Waals surface area contributed by atoms with Crippen LogP contribution in [0.4, 0.5) is 11.5 Å². The van der Waals surface area contributed by atoms with E-state index in [2.05, 4.69) is 20.5 Å². The number of carbonyl (C=O) groups excluding carboxylic acids is 2. The number of aromatic nitrogens is 1. The van der Waals surface area contributed by atoms with Gasteiger partial charge in [-0.3, -0.25) is 9.59 Å². The van der Waals surface area contributed by atoms with Gasteiger partial charge in [0, 0.05) is 31.4 Å². The Hall–Kier alpha value is -3.13. The molecule has 2 aromatic rings. The number of amides is 2. The fourth-order valence-corrected chi connectivity index (χ4v) is 3.01. The van der Waals surface area contributed by atoms with Gasteiger partial charge in [0.1, 0.15) is 11.6 Å². The van der Waals surface area contributed by atoms with Crippen molar-refractivity contribution in [2.24, 2.45) is 0 Å². The topological polar surface area (TPSA) is 92.8 Å². The lowest BCUT2D eigenvalue weighted by Gasteiger charge is -2.27. The maximum absolute atomic E-state index is 12.4. The first-order valence-electron chi connectivity index (χ1n) is 8.81. The Labute approximate surface area is 156 Å². The number of nitrogens with one attached hydrogen (secondary N) is 2. The third kappa shape index (κ3) is 4.01. The monoisotopic (exact) mass is 368 g/mol. The second-order valence-corrected chi connectivity index (χ2v) is 6.35. The minimum absolute atomic E-state index is 0.00795. The molecule has 8 heteroatoms. The molecule has 1 aromatic heterocycles. The van der Waals surface area contributed by atoms with Crippen molar-refractivity contribution in [1.82, 2.24) is 10.3 Å². The summed E-state index contributed by atoms with van der Waals surface area (Å²) in [4.78, 5) is 30.4. The largest absolute Gasteiger partial charge is 0.482 e. The third-order valence-electron chi connectivity index (χ3n) is 4.47. The summed E-state index contributed by atoms with van der Waals surface area (Å²) in [5.41, 5.74) is 1.88. The van der Waals surface area contributed by atoms with Gasteiger partial charge in [-0.15, -0.1) is 0 Å². The van der Waals surface area contributed by atoms with Crippen LogP contribution in [0.3, 0.4) is 0 Å². The summed E-state index contributed by atoms with van der Waals surface area (Å²) in [7, 11) is 0. The molecular weight excluding hydrogens is 348 g/mol. The normalized spacial score (nSPS) is 16.1. The second-order valence-electron chi connectivity index (χ2n) is 6.35. The fourth-order valence-electron chi connectivity index (χ4n) is 3.01. The smallest absolute Gasteiger partial charge is 0.262 e. The van der Waals surface area contributed by atoms with Crippen molar-refractivity contribution >= 4 is 23.3 Å². The van der Waals surface area contributed by atoms with E-state index in [1.54, 1.807) is 24.4 Å². The molecular formula is C19H20N4O4. The zero-order valence-electron chi connectivity index (χ0n) is 14.7. The molecule has 27 heavy (non-hydrogen) atoms. The van der Waals surface area contributed by atoms with Crippen molar-refractivity contribution in [3.05, 3.63) is 47.7 Å². The van der Waals surface area contributed by atoms with Gasteiger partial charge in [0.15, 0.2) is 6.61 Å². The molecule has 0 bridgehead atoms. The van der Waals surface area contributed by atoms with Crippen LogP contribution < -0.4 is 20.3 Å². The van der Waals surface area contributed by atoms with Crippen molar-refractivity contribution in [3.8, 4) is 5.75 Å². The summed E-state index contributed by atoms with van der Waals surface area (Å²) in [5, 5.41) is 5.57. The number of pyridine rings is 1. The summed E-state index contributed by atoms with van der Waals surface area (Å²) < 4.78 is 10.6. The predicted molar refractivity (Wildman–Crippen MR) is 99.0 cm³/mol. The van der Waals surface area contributed by atoms with Gasteiger partial charge in [-0.2, -0.15) is 0 Å². The van der Waals surface area contributed by atoms with E-state index in [9.17, 15) is 9.59 Å². The molecule has 1 fully saturated rings. The lowest BCUT2D eigenvalue weighted by atomic mass is 10.1. The standard InChI is InChI=1S/C19H20N4O4/c24-18-12-27-16-3-2-14(9-15(16)22-18)19(25)21-11-13-1-4-17(20-10-13)23-5-7-26-8-6-23/h1-4,9-10H,5-8,11-12H2,(H,21,25)(H,22,24). The molecule has 4 rings (SSSR count). The first kappa shape index (κ1) is 17.3. The zero-order valence-corrected chi connectivity index (χ0v) is 14.7. The van der Waals surface area contributed by atoms with E-state index >= 15 is 0 Å². The lowest BCUT2D eigenvalue weighted by molar-refractivity contribution is -0.118. The van der Waals surface area contributed by atoms with Gasteiger partial charge in [-0.25, -0.2) is 4.98 Å². The molecule has 2 N–H and O–H groups in total. The van der Waals surface area contributed by atoms with Crippen LogP contribution in [-0.2, 0) is 16.1 Å². The highest BCUT2D eigenvalue weighted by Gasteiger charge is 2.18. The Morgan fingerprint density at radius 2 is 2.07 bits per heavy atom. The summed E-state index contributed by atoms with van der Waals surface area (Å²) in [6.07, 6.45) is 1.77. The van der Waals surface area contributed by atoms with Gasteiger partial charge >= 0.3 is 0 Å². The quantitative estimate of drug-likeness (QED) is 0.842. The molecule has 0 spiro atoms. The Kier molecular flexibility index (Phi) is 4.88. The van der Waals surface area contributed by atoms with E-state index < -0.39 is 0 Å². The highest BCUT2D eigenvalue weighted by Crippen LogP contribution is 2.28. The molecule has 2 aliphatic heterocycles. The van der Waals surface area contributed by atoms with E-state index in [4.69, 9.17) is 9.47 Å². The van der Waals surface area contributed by atoms with Crippen molar-refractivity contribution in [3.63, 3.8) is 0 Å². The number of carbonyl (C=O) groups is 2. The zero-order chi connectivity index (χ0) is 18.6. The summed E-state index contributed by atoms with van der Waals surface area (Å²) in [6, 6.07) is 8.88. The van der Waals surface area contributed by atoms with Gasteiger partial charge in [0.25, 0.3) is 11.8 Å². The van der Waals surface area contributed by atoms with E-state index in [0.29, 0.717) is 36.8 Å². The number of rotatable bonds is 4. The molecule has 140 valence electrons. The maximum Gasteiger partial charge on any atom is 0.262 e. The lowest BCUT2D eigenvalue weighted by Crippen LogP contribution is -2.36. The SMILES string of the molecule is O=C1COc2ccc(C(=O)NCc3ccc(N4CCOCC4)nc3)cc2N1. The van der Waals surface area contributed by atoms with Crippen LogP contribution in [-0.4, -0.2) is 49.7 Å². The Morgan fingerprint density at radius 1 is 1.22 bits per heavy atom. The third-order valence-corrected chi connectivity index (χ3v) is 4.47. The Balaban J connectivity index is 1.36. The molecule has 0 saturated carbocycles. The number of anilines is 2. The van der Waals surface area contributed by atoms with Gasteiger partial charge in [0.05, 0.1) is 18.9 Å². The fraction of sp³-hybridized carbons (Fsp3) is 0.316. The minimum Gasteiger partial charge on any atom is -0.482 e. The number of nitrogens with zero attached hydrogens (tertiary/aromatic N) is 2. The van der Waals surface area contributed by atoms with Crippen LogP contribution in [0.5, 0.6) is 5.75 Å². The van der Waals surface area contributed by atoms with E-state index in [1.807, 2.05) is 12.1 Å². The molecule has 1 aromatic carbocycles. The van der Waals surface area contributed by atoms with Crippen molar-refractivity contribution in [2.75, 3.05) is 43.1 Å². The number of benzene rings is 1. The van der Waals surface area contributed by atoms with Gasteiger partial charge in [-0.1, -0.05) is 6.07 Å². The molecule has 3 heterocycles. The second kappa shape index (κ2) is 7.63. The Morgan fingerprint density at radius 3 is 2.85 bits per heavy atom. The molecule has 1 saturated heterocycles. The minimum atomic E-state index is -0.230. The van der Waals surface area contributed by atoms with Crippen LogP contribution >= 0.6 is 0 Å². The molecule has 0 atom stereocenters. The Bertz CT molecular complexity index is 847.